The Bertz CT molecular complexity index is 321. The molecule has 0 amide bonds. The van der Waals surface area contributed by atoms with Gasteiger partial charge >= 0.3 is 0 Å². The van der Waals surface area contributed by atoms with E-state index in [9.17, 15) is 0 Å². The monoisotopic (exact) mass is 350 g/mol. The highest BCUT2D eigenvalue weighted by Gasteiger charge is 2.01. The van der Waals surface area contributed by atoms with Gasteiger partial charge in [-0.1, -0.05) is 0 Å². The van der Waals surface area contributed by atoms with Crippen molar-refractivity contribution in [3.63, 3.8) is 0 Å². The molecule has 0 bridgehead atoms. The molecule has 0 saturated carbocycles. The molecule has 0 atom stereocenters. The number of nitrogens with one attached hydrogen (secondary N) is 1. The molecule has 0 radical (unpaired) electrons. The predicted octanol–water partition coefficient (Wildman–Crippen LogP) is 3.12. The van der Waals surface area contributed by atoms with Crippen LogP contribution in [0, 0.1) is 0 Å². The third-order valence-electron chi connectivity index (χ3n) is 2.13. The molecule has 0 saturated heterocycles. The normalized spacial score (nSPS) is 10.7. The molecule has 90 valence electrons. The van der Waals surface area contributed by atoms with E-state index in [0.717, 1.165) is 47.2 Å². The maximum absolute atomic E-state index is 4.99. The van der Waals surface area contributed by atoms with Gasteiger partial charge in [0.1, 0.15) is 0 Å². The zero-order valence-corrected chi connectivity index (χ0v) is 12.5. The first kappa shape index (κ1) is 14.1. The topological polar surface area (TPSA) is 34.1 Å². The zero-order valence-electron chi connectivity index (χ0n) is 9.30. The number of hydrogen-bond acceptors (Lipinski definition) is 3. The molecule has 1 N–H and O–H groups in total. The van der Waals surface area contributed by atoms with E-state index in [-0.39, 0.29) is 0 Å². The summed E-state index contributed by atoms with van der Waals surface area (Å²) in [5, 5.41) is 3.36. The fourth-order valence-electron chi connectivity index (χ4n) is 1.28. The summed E-state index contributed by atoms with van der Waals surface area (Å²) in [7, 11) is 1.73. The third kappa shape index (κ3) is 5.39. The average molecular weight is 352 g/mol. The smallest absolute Gasteiger partial charge is 0.0684 e. The van der Waals surface area contributed by atoms with Crippen molar-refractivity contribution in [1.29, 1.82) is 0 Å². The molecule has 1 heterocycles. The summed E-state index contributed by atoms with van der Waals surface area (Å²) in [5.74, 6) is 0. The fourth-order valence-corrected chi connectivity index (χ4v) is 2.40. The Morgan fingerprint density at radius 2 is 2.19 bits per heavy atom. The van der Waals surface area contributed by atoms with E-state index in [4.69, 9.17) is 4.74 Å². The number of rotatable bonds is 7. The summed E-state index contributed by atoms with van der Waals surface area (Å²) in [6, 6.07) is 2.01. The minimum absolute atomic E-state index is 0.793. The summed E-state index contributed by atoms with van der Waals surface area (Å²) < 4.78 is 7.01. The first-order valence-electron chi connectivity index (χ1n) is 5.23. The second-order valence-electron chi connectivity index (χ2n) is 3.46. The minimum Gasteiger partial charge on any atom is -0.385 e. The quantitative estimate of drug-likeness (QED) is 0.766. The standard InChI is InChI=1S/C11H16Br2N2O/c1-16-5-3-2-4-14-8-11-10(13)6-9(12)7-15-11/h6-7,14H,2-5,8H2,1H3. The molecule has 0 spiro atoms. The van der Waals surface area contributed by atoms with E-state index in [1.807, 2.05) is 12.3 Å². The molecule has 16 heavy (non-hydrogen) atoms. The van der Waals surface area contributed by atoms with Gasteiger partial charge in [-0.05, 0) is 57.3 Å². The number of halogens is 2. The van der Waals surface area contributed by atoms with Gasteiger partial charge in [-0.25, -0.2) is 0 Å². The van der Waals surface area contributed by atoms with Gasteiger partial charge in [0, 0.05) is 35.4 Å². The van der Waals surface area contributed by atoms with E-state index >= 15 is 0 Å². The van der Waals surface area contributed by atoms with Crippen molar-refractivity contribution in [2.45, 2.75) is 19.4 Å². The third-order valence-corrected chi connectivity index (χ3v) is 3.25. The predicted molar refractivity (Wildman–Crippen MR) is 72.5 cm³/mol. The van der Waals surface area contributed by atoms with Crippen molar-refractivity contribution in [3.05, 3.63) is 26.9 Å². The van der Waals surface area contributed by atoms with Gasteiger partial charge < -0.3 is 10.1 Å². The Kier molecular flexibility index (Phi) is 7.20. The number of methoxy groups -OCH3 is 1. The lowest BCUT2D eigenvalue weighted by Crippen LogP contribution is -2.16. The van der Waals surface area contributed by atoms with Crippen LogP contribution in [0.1, 0.15) is 18.5 Å². The van der Waals surface area contributed by atoms with E-state index in [2.05, 4.69) is 42.2 Å². The van der Waals surface area contributed by atoms with Crippen LogP contribution in [0.25, 0.3) is 0 Å². The van der Waals surface area contributed by atoms with E-state index in [1.165, 1.54) is 0 Å². The van der Waals surface area contributed by atoms with Crippen LogP contribution in [0.15, 0.2) is 21.2 Å². The Hall–Kier alpha value is 0.0300. The van der Waals surface area contributed by atoms with Crippen molar-refractivity contribution >= 4 is 31.9 Å². The molecular weight excluding hydrogens is 336 g/mol. The highest BCUT2D eigenvalue weighted by atomic mass is 79.9. The van der Waals surface area contributed by atoms with Crippen LogP contribution in [0.4, 0.5) is 0 Å². The average Bonchev–Trinajstić information content (AvgIpc) is 2.26. The Morgan fingerprint density at radius 1 is 1.38 bits per heavy atom. The first-order chi connectivity index (χ1) is 7.74. The number of ether oxygens (including phenoxy) is 1. The van der Waals surface area contributed by atoms with E-state index < -0.39 is 0 Å². The molecule has 1 aromatic heterocycles. The molecular formula is C11H16Br2N2O. The van der Waals surface area contributed by atoms with Crippen molar-refractivity contribution in [1.82, 2.24) is 10.3 Å². The number of pyridine rings is 1. The first-order valence-corrected chi connectivity index (χ1v) is 6.82. The van der Waals surface area contributed by atoms with Gasteiger partial charge in [0.25, 0.3) is 0 Å². The van der Waals surface area contributed by atoms with Crippen LogP contribution in [0.3, 0.4) is 0 Å². The van der Waals surface area contributed by atoms with Crippen LogP contribution in [0.2, 0.25) is 0 Å². The van der Waals surface area contributed by atoms with Gasteiger partial charge in [-0.3, -0.25) is 4.98 Å². The molecule has 0 unspecified atom stereocenters. The number of aromatic nitrogens is 1. The lowest BCUT2D eigenvalue weighted by Gasteiger charge is -2.06. The van der Waals surface area contributed by atoms with Gasteiger partial charge in [-0.15, -0.1) is 0 Å². The van der Waals surface area contributed by atoms with Crippen LogP contribution >= 0.6 is 31.9 Å². The van der Waals surface area contributed by atoms with Crippen molar-refractivity contribution < 1.29 is 4.74 Å². The molecule has 0 aromatic carbocycles. The lowest BCUT2D eigenvalue weighted by atomic mass is 10.3. The summed E-state index contributed by atoms with van der Waals surface area (Å²) >= 11 is 6.87. The molecule has 0 aliphatic heterocycles. The van der Waals surface area contributed by atoms with Gasteiger partial charge in [0.05, 0.1) is 5.69 Å². The number of unbranched alkanes of at least 4 members (excludes halogenated alkanes) is 1. The Balaban J connectivity index is 2.21. The van der Waals surface area contributed by atoms with Crippen LogP contribution < -0.4 is 5.32 Å². The highest BCUT2D eigenvalue weighted by molar-refractivity contribution is 9.11. The molecule has 1 aromatic rings. The van der Waals surface area contributed by atoms with Crippen LogP contribution in [-0.2, 0) is 11.3 Å². The Morgan fingerprint density at radius 3 is 2.88 bits per heavy atom. The van der Waals surface area contributed by atoms with Crippen molar-refractivity contribution in [2.24, 2.45) is 0 Å². The summed E-state index contributed by atoms with van der Waals surface area (Å²) in [5.41, 5.74) is 1.04. The lowest BCUT2D eigenvalue weighted by molar-refractivity contribution is 0.192. The van der Waals surface area contributed by atoms with Crippen LogP contribution in [0.5, 0.6) is 0 Å². The summed E-state index contributed by atoms with van der Waals surface area (Å²) in [6.07, 6.45) is 4.03. The maximum atomic E-state index is 4.99. The molecule has 1 rings (SSSR count). The number of hydrogen-bond donors (Lipinski definition) is 1. The second-order valence-corrected chi connectivity index (χ2v) is 5.23. The molecule has 0 aliphatic rings. The largest absolute Gasteiger partial charge is 0.385 e. The Labute approximate surface area is 113 Å². The molecule has 5 heteroatoms. The van der Waals surface area contributed by atoms with E-state index in [1.54, 1.807) is 7.11 Å². The number of nitrogens with zero attached hydrogens (tertiary/aromatic N) is 1. The maximum Gasteiger partial charge on any atom is 0.0684 e. The SMILES string of the molecule is COCCCCNCc1ncc(Br)cc1Br. The molecule has 0 fully saturated rings. The van der Waals surface area contributed by atoms with Gasteiger partial charge in [0.15, 0.2) is 0 Å². The summed E-state index contributed by atoms with van der Waals surface area (Å²) in [4.78, 5) is 4.33. The second kappa shape index (κ2) is 8.17. The fraction of sp³-hybridized carbons (Fsp3) is 0.545. The van der Waals surface area contributed by atoms with Crippen molar-refractivity contribution in [3.8, 4) is 0 Å². The molecule has 3 nitrogen and oxygen atoms in total. The van der Waals surface area contributed by atoms with Crippen molar-refractivity contribution in [2.75, 3.05) is 20.3 Å². The van der Waals surface area contributed by atoms with Gasteiger partial charge in [-0.2, -0.15) is 0 Å². The van der Waals surface area contributed by atoms with E-state index in [0.29, 0.717) is 0 Å². The molecule has 0 aliphatic carbocycles. The highest BCUT2D eigenvalue weighted by Crippen LogP contribution is 2.19. The minimum atomic E-state index is 0.793. The summed E-state index contributed by atoms with van der Waals surface area (Å²) in [6.45, 7) is 2.62. The van der Waals surface area contributed by atoms with Gasteiger partial charge in [0.2, 0.25) is 0 Å². The van der Waals surface area contributed by atoms with Crippen LogP contribution in [-0.4, -0.2) is 25.2 Å². The zero-order chi connectivity index (χ0) is 11.8.